The fraction of sp³-hybridized carbons (Fsp3) is 0.429. The zero-order chi connectivity index (χ0) is 20.2. The van der Waals surface area contributed by atoms with Gasteiger partial charge in [-0.2, -0.15) is 0 Å². The largest absolute Gasteiger partial charge is 0.468 e. The van der Waals surface area contributed by atoms with Gasteiger partial charge in [-0.3, -0.25) is 9.69 Å². The van der Waals surface area contributed by atoms with Crippen molar-refractivity contribution in [2.24, 2.45) is 0 Å². The Bertz CT molecular complexity index is 1020. The predicted molar refractivity (Wildman–Crippen MR) is 112 cm³/mol. The van der Waals surface area contributed by atoms with Crippen LogP contribution in [0.4, 0.5) is 0 Å². The fourth-order valence-electron chi connectivity index (χ4n) is 3.78. The Morgan fingerprint density at radius 3 is 3.14 bits per heavy atom. The third kappa shape index (κ3) is 4.67. The van der Waals surface area contributed by atoms with Crippen LogP contribution in [0.25, 0.3) is 10.2 Å². The highest BCUT2D eigenvalue weighted by molar-refractivity contribution is 7.18. The second-order valence-electron chi connectivity index (χ2n) is 7.28. The van der Waals surface area contributed by atoms with Gasteiger partial charge in [0.1, 0.15) is 16.4 Å². The first kappa shape index (κ1) is 20.0. The molecule has 1 atom stereocenters. The summed E-state index contributed by atoms with van der Waals surface area (Å²) in [5, 5.41) is 11.1. The summed E-state index contributed by atoms with van der Waals surface area (Å²) in [6.45, 7) is 5.46. The summed E-state index contributed by atoms with van der Waals surface area (Å²) in [5.41, 5.74) is 1.10. The van der Waals surface area contributed by atoms with Crippen LogP contribution in [0.5, 0.6) is 0 Å². The number of H-pyrrole nitrogens is 1. The van der Waals surface area contributed by atoms with Crippen LogP contribution in [-0.2, 0) is 30.7 Å². The number of ether oxygens (including phenoxy) is 1. The van der Waals surface area contributed by atoms with Crippen LogP contribution in [0.1, 0.15) is 28.4 Å². The van der Waals surface area contributed by atoms with Gasteiger partial charge in [-0.15, -0.1) is 17.9 Å². The van der Waals surface area contributed by atoms with Gasteiger partial charge in [-0.25, -0.2) is 4.98 Å². The summed E-state index contributed by atoms with van der Waals surface area (Å²) in [4.78, 5) is 24.5. The molecule has 3 heterocycles. The maximum atomic E-state index is 12.7. The third-order valence-corrected chi connectivity index (χ3v) is 6.16. The number of hydrogen-bond acceptors (Lipinski definition) is 7. The normalized spacial score (nSPS) is 14.6. The van der Waals surface area contributed by atoms with Crippen molar-refractivity contribution < 1.29 is 14.3 Å². The number of aliphatic hydroxyl groups is 1. The average Bonchev–Trinajstić information content (AvgIpc) is 3.39. The van der Waals surface area contributed by atoms with E-state index in [2.05, 4.69) is 11.6 Å². The second-order valence-corrected chi connectivity index (χ2v) is 8.36. The van der Waals surface area contributed by atoms with Crippen molar-refractivity contribution in [2.45, 2.75) is 38.5 Å². The first-order valence-corrected chi connectivity index (χ1v) is 10.6. The third-order valence-electron chi connectivity index (χ3n) is 4.97. The number of aromatic amines is 1. The number of furan rings is 1. The minimum atomic E-state index is -0.675. The lowest BCUT2D eigenvalue weighted by molar-refractivity contribution is 0.0210. The Morgan fingerprint density at radius 1 is 1.45 bits per heavy atom. The van der Waals surface area contributed by atoms with E-state index in [4.69, 9.17) is 14.1 Å². The summed E-state index contributed by atoms with van der Waals surface area (Å²) in [6, 6.07) is 3.72. The zero-order valence-corrected chi connectivity index (χ0v) is 17.0. The van der Waals surface area contributed by atoms with Crippen molar-refractivity contribution in [2.75, 3.05) is 19.8 Å². The molecule has 3 aromatic rings. The highest BCUT2D eigenvalue weighted by Gasteiger charge is 2.22. The van der Waals surface area contributed by atoms with Gasteiger partial charge in [0.2, 0.25) is 0 Å². The Morgan fingerprint density at radius 2 is 2.34 bits per heavy atom. The summed E-state index contributed by atoms with van der Waals surface area (Å²) < 4.78 is 10.8. The number of fused-ring (bicyclic) bond motifs is 3. The van der Waals surface area contributed by atoms with Crippen LogP contribution >= 0.6 is 11.3 Å². The zero-order valence-electron chi connectivity index (χ0n) is 16.2. The van der Waals surface area contributed by atoms with Crippen molar-refractivity contribution in [1.29, 1.82) is 0 Å². The molecule has 2 N–H and O–H groups in total. The number of aryl methyl sites for hydroxylation is 2. The molecule has 154 valence electrons. The molecule has 0 bridgehead atoms. The Labute approximate surface area is 172 Å². The molecular weight excluding hydrogens is 390 g/mol. The van der Waals surface area contributed by atoms with E-state index >= 15 is 0 Å². The fourth-order valence-corrected chi connectivity index (χ4v) is 5.06. The Balaban J connectivity index is 1.53. The molecule has 0 amide bonds. The van der Waals surface area contributed by atoms with Crippen molar-refractivity contribution in [1.82, 2.24) is 14.9 Å². The van der Waals surface area contributed by atoms with Crippen LogP contribution in [0.3, 0.4) is 0 Å². The number of nitrogens with zero attached hydrogens (tertiary/aromatic N) is 2. The van der Waals surface area contributed by atoms with E-state index in [0.29, 0.717) is 32.1 Å². The van der Waals surface area contributed by atoms with E-state index in [9.17, 15) is 9.90 Å². The molecule has 3 aromatic heterocycles. The van der Waals surface area contributed by atoms with E-state index in [-0.39, 0.29) is 12.2 Å². The van der Waals surface area contributed by atoms with Gasteiger partial charge in [-0.05, 0) is 37.0 Å². The predicted octanol–water partition coefficient (Wildman–Crippen LogP) is 2.63. The van der Waals surface area contributed by atoms with E-state index in [1.807, 2.05) is 17.0 Å². The van der Waals surface area contributed by atoms with E-state index in [1.165, 1.54) is 10.4 Å². The Hall–Kier alpha value is -2.26. The van der Waals surface area contributed by atoms with Gasteiger partial charge in [0.05, 0.1) is 44.1 Å². The molecule has 0 radical (unpaired) electrons. The van der Waals surface area contributed by atoms with Gasteiger partial charge in [0.25, 0.3) is 5.56 Å². The number of rotatable bonds is 10. The molecule has 0 saturated heterocycles. The standard InChI is InChI=1S/C21H25N3O4S/c1-2-8-27-13-14(25)10-24(11-15-5-4-9-28-15)12-18-22-20(26)19-16-6-3-7-17(16)29-21(19)23-18/h2,4-5,9,14,25H,1,3,6-8,10-13H2,(H,22,23,26)/t14-/m0/s1. The molecule has 0 fully saturated rings. The lowest BCUT2D eigenvalue weighted by Gasteiger charge is -2.23. The molecular formula is C21H25N3O4S. The molecule has 7 nitrogen and oxygen atoms in total. The quantitative estimate of drug-likeness (QED) is 0.391. The Kier molecular flexibility index (Phi) is 6.25. The topological polar surface area (TPSA) is 91.6 Å². The summed E-state index contributed by atoms with van der Waals surface area (Å²) >= 11 is 1.63. The maximum Gasteiger partial charge on any atom is 0.259 e. The monoisotopic (exact) mass is 415 g/mol. The number of nitrogens with one attached hydrogen (secondary N) is 1. The molecule has 4 rings (SSSR count). The van der Waals surface area contributed by atoms with Crippen molar-refractivity contribution >= 4 is 21.6 Å². The summed E-state index contributed by atoms with van der Waals surface area (Å²) in [6.07, 6.45) is 5.70. The van der Waals surface area contributed by atoms with Crippen LogP contribution in [0.2, 0.25) is 0 Å². The van der Waals surface area contributed by atoms with Gasteiger partial charge in [-0.1, -0.05) is 6.08 Å². The molecule has 8 heteroatoms. The smallest absolute Gasteiger partial charge is 0.259 e. The van der Waals surface area contributed by atoms with Crippen molar-refractivity contribution in [3.05, 3.63) is 63.4 Å². The minimum absolute atomic E-state index is 0.0720. The second kappa shape index (κ2) is 9.04. The molecule has 0 spiro atoms. The van der Waals surface area contributed by atoms with Gasteiger partial charge in [0, 0.05) is 11.4 Å². The van der Waals surface area contributed by atoms with Gasteiger partial charge < -0.3 is 19.2 Å². The average molecular weight is 416 g/mol. The molecule has 29 heavy (non-hydrogen) atoms. The minimum Gasteiger partial charge on any atom is -0.468 e. The molecule has 0 saturated carbocycles. The van der Waals surface area contributed by atoms with Crippen molar-refractivity contribution in [3.63, 3.8) is 0 Å². The molecule has 0 unspecified atom stereocenters. The SMILES string of the molecule is C=CCOC[C@@H](O)CN(Cc1nc2sc3c(c2c(=O)[nH]1)CCC3)Cc1ccco1. The number of thiophene rings is 1. The van der Waals surface area contributed by atoms with E-state index in [0.717, 1.165) is 35.2 Å². The lowest BCUT2D eigenvalue weighted by atomic mass is 10.2. The van der Waals surface area contributed by atoms with Crippen molar-refractivity contribution in [3.8, 4) is 0 Å². The number of hydrogen-bond donors (Lipinski definition) is 2. The first-order chi connectivity index (χ1) is 14.1. The maximum absolute atomic E-state index is 12.7. The van der Waals surface area contributed by atoms with Crippen LogP contribution in [-0.4, -0.2) is 45.8 Å². The molecule has 0 aliphatic heterocycles. The van der Waals surface area contributed by atoms with Crippen LogP contribution in [0.15, 0.2) is 40.3 Å². The highest BCUT2D eigenvalue weighted by atomic mass is 32.1. The number of aromatic nitrogens is 2. The highest BCUT2D eigenvalue weighted by Crippen LogP contribution is 2.34. The van der Waals surface area contributed by atoms with Gasteiger partial charge in [0.15, 0.2) is 0 Å². The van der Waals surface area contributed by atoms with Crippen LogP contribution < -0.4 is 5.56 Å². The lowest BCUT2D eigenvalue weighted by Crippen LogP contribution is -2.35. The van der Waals surface area contributed by atoms with E-state index in [1.54, 1.807) is 23.7 Å². The molecule has 1 aliphatic carbocycles. The number of aliphatic hydroxyl groups excluding tert-OH is 1. The van der Waals surface area contributed by atoms with Gasteiger partial charge >= 0.3 is 0 Å². The molecule has 0 aromatic carbocycles. The first-order valence-electron chi connectivity index (χ1n) is 9.79. The summed E-state index contributed by atoms with van der Waals surface area (Å²) in [5.74, 6) is 1.37. The van der Waals surface area contributed by atoms with Crippen LogP contribution in [0, 0.1) is 0 Å². The summed E-state index contributed by atoms with van der Waals surface area (Å²) in [7, 11) is 0. The van der Waals surface area contributed by atoms with E-state index < -0.39 is 6.10 Å². The molecule has 1 aliphatic rings.